The Morgan fingerprint density at radius 3 is 2.54 bits per heavy atom. The van der Waals surface area contributed by atoms with Crippen LogP contribution in [0.3, 0.4) is 0 Å². The van der Waals surface area contributed by atoms with Gasteiger partial charge in [-0.05, 0) is 42.7 Å². The summed E-state index contributed by atoms with van der Waals surface area (Å²) in [5, 5.41) is 2.45. The number of nitrogens with one attached hydrogen (secondary N) is 2. The lowest BCUT2D eigenvalue weighted by molar-refractivity contribution is -0.125. The first-order chi connectivity index (χ1) is 12.3. The van der Waals surface area contributed by atoms with Gasteiger partial charge in [-0.2, -0.15) is 0 Å². The second kappa shape index (κ2) is 6.80. The summed E-state index contributed by atoms with van der Waals surface area (Å²) in [5.41, 5.74) is 2.34. The van der Waals surface area contributed by atoms with Gasteiger partial charge in [-0.1, -0.05) is 30.3 Å². The van der Waals surface area contributed by atoms with Crippen LogP contribution in [-0.2, 0) is 21.4 Å². The van der Waals surface area contributed by atoms with Gasteiger partial charge in [0.05, 0.1) is 23.7 Å². The predicted octanol–water partition coefficient (Wildman–Crippen LogP) is 2.16. The lowest BCUT2D eigenvalue weighted by atomic mass is 10.2. The van der Waals surface area contributed by atoms with Gasteiger partial charge in [-0.25, -0.2) is 13.2 Å². The molecule has 1 aliphatic heterocycles. The number of hydrogen-bond donors (Lipinski definition) is 2. The number of nitrogens with zero attached hydrogens (tertiary/aromatic N) is 1. The molecule has 0 unspecified atom stereocenters. The number of sulfonamides is 1. The Labute approximate surface area is 152 Å². The number of anilines is 1. The Kier molecular flexibility index (Phi) is 4.69. The van der Waals surface area contributed by atoms with Crippen molar-refractivity contribution in [1.82, 2.24) is 10.2 Å². The van der Waals surface area contributed by atoms with Crippen molar-refractivity contribution in [3.63, 3.8) is 0 Å². The zero-order chi connectivity index (χ0) is 18.9. The maximum Gasteiger partial charge on any atom is 0.324 e. The van der Waals surface area contributed by atoms with Gasteiger partial charge in [0.15, 0.2) is 0 Å². The van der Waals surface area contributed by atoms with Crippen molar-refractivity contribution in [2.45, 2.75) is 25.3 Å². The maximum atomic E-state index is 12.8. The van der Waals surface area contributed by atoms with E-state index in [0.717, 1.165) is 10.5 Å². The van der Waals surface area contributed by atoms with E-state index in [9.17, 15) is 18.0 Å². The van der Waals surface area contributed by atoms with Gasteiger partial charge in [0, 0.05) is 0 Å². The minimum atomic E-state index is -3.80. The average molecular weight is 373 g/mol. The van der Waals surface area contributed by atoms with E-state index in [4.69, 9.17) is 0 Å². The van der Waals surface area contributed by atoms with Crippen molar-refractivity contribution < 1.29 is 18.0 Å². The van der Waals surface area contributed by atoms with Crippen molar-refractivity contribution in [3.8, 4) is 0 Å². The zero-order valence-corrected chi connectivity index (χ0v) is 15.3. The molecule has 2 N–H and O–H groups in total. The second-order valence-corrected chi connectivity index (χ2v) is 7.82. The number of para-hydroxylation sites is 1. The van der Waals surface area contributed by atoms with E-state index in [1.807, 2.05) is 13.0 Å². The number of carbonyl (C=O) groups is 2. The van der Waals surface area contributed by atoms with Crippen LogP contribution in [0, 0.1) is 13.8 Å². The van der Waals surface area contributed by atoms with Gasteiger partial charge >= 0.3 is 6.03 Å². The van der Waals surface area contributed by atoms with E-state index in [1.165, 1.54) is 0 Å². The molecule has 136 valence electrons. The highest BCUT2D eigenvalue weighted by molar-refractivity contribution is 7.92. The lowest BCUT2D eigenvalue weighted by Gasteiger charge is -2.17. The number of amides is 3. The summed E-state index contributed by atoms with van der Waals surface area (Å²) in [6.45, 7) is 3.50. The largest absolute Gasteiger partial charge is 0.329 e. The monoisotopic (exact) mass is 373 g/mol. The normalized spacial score (nSPS) is 14.5. The summed E-state index contributed by atoms with van der Waals surface area (Å²) in [6, 6.07) is 11.4. The van der Waals surface area contributed by atoms with Gasteiger partial charge in [0.1, 0.15) is 0 Å². The molecule has 0 bridgehead atoms. The molecule has 0 aliphatic carbocycles. The van der Waals surface area contributed by atoms with Crippen LogP contribution < -0.4 is 10.0 Å². The van der Waals surface area contributed by atoms with E-state index in [0.29, 0.717) is 16.8 Å². The Hall–Kier alpha value is -2.87. The molecule has 3 rings (SSSR count). The van der Waals surface area contributed by atoms with E-state index < -0.39 is 16.1 Å². The Morgan fingerprint density at radius 2 is 1.85 bits per heavy atom. The molecular formula is C18H19N3O4S. The molecule has 8 heteroatoms. The summed E-state index contributed by atoms with van der Waals surface area (Å²) < 4.78 is 28.2. The smallest absolute Gasteiger partial charge is 0.324 e. The quantitative estimate of drug-likeness (QED) is 0.785. The number of benzene rings is 2. The topological polar surface area (TPSA) is 95.6 Å². The van der Waals surface area contributed by atoms with Gasteiger partial charge in [0.25, 0.3) is 10.0 Å². The molecule has 1 fully saturated rings. The third-order valence-electron chi connectivity index (χ3n) is 4.16. The Bertz CT molecular complexity index is 970. The second-order valence-electron chi connectivity index (χ2n) is 6.17. The fourth-order valence-electron chi connectivity index (χ4n) is 2.74. The van der Waals surface area contributed by atoms with Gasteiger partial charge < -0.3 is 5.32 Å². The Morgan fingerprint density at radius 1 is 1.12 bits per heavy atom. The van der Waals surface area contributed by atoms with Crippen LogP contribution in [0.15, 0.2) is 47.4 Å². The van der Waals surface area contributed by atoms with Crippen molar-refractivity contribution in [2.75, 3.05) is 11.3 Å². The summed E-state index contributed by atoms with van der Waals surface area (Å²) in [7, 11) is -3.80. The summed E-state index contributed by atoms with van der Waals surface area (Å²) in [4.78, 5) is 24.8. The van der Waals surface area contributed by atoms with Crippen LogP contribution in [0.5, 0.6) is 0 Å². The molecule has 0 aromatic heterocycles. The highest BCUT2D eigenvalue weighted by Gasteiger charge is 2.29. The van der Waals surface area contributed by atoms with E-state index in [1.54, 1.807) is 43.3 Å². The molecule has 3 amide bonds. The number of aryl methyl sites for hydroxylation is 2. The van der Waals surface area contributed by atoms with E-state index in [2.05, 4.69) is 10.0 Å². The zero-order valence-electron chi connectivity index (χ0n) is 14.4. The van der Waals surface area contributed by atoms with Crippen LogP contribution in [0.25, 0.3) is 0 Å². The molecule has 0 radical (unpaired) electrons. The molecule has 2 aromatic rings. The SMILES string of the molecule is Cc1ccc(C)c(S(=O)(=O)Nc2ccccc2CN2C(=O)CNC2=O)c1. The van der Waals surface area contributed by atoms with Crippen LogP contribution >= 0.6 is 0 Å². The minimum Gasteiger partial charge on any atom is -0.329 e. The van der Waals surface area contributed by atoms with Crippen LogP contribution in [0.4, 0.5) is 10.5 Å². The first kappa shape index (κ1) is 17.9. The fourth-order valence-corrected chi connectivity index (χ4v) is 4.17. The highest BCUT2D eigenvalue weighted by Crippen LogP contribution is 2.24. The van der Waals surface area contributed by atoms with Crippen molar-refractivity contribution in [3.05, 3.63) is 59.2 Å². The summed E-state index contributed by atoms with van der Waals surface area (Å²) >= 11 is 0. The van der Waals surface area contributed by atoms with E-state index >= 15 is 0 Å². The molecule has 0 atom stereocenters. The standard InChI is InChI=1S/C18H19N3O4S/c1-12-7-8-13(2)16(9-12)26(24,25)20-15-6-4-3-5-14(15)11-21-17(22)10-19-18(21)23/h3-9,20H,10-11H2,1-2H3,(H,19,23). The molecule has 1 heterocycles. The molecule has 1 aliphatic rings. The predicted molar refractivity (Wildman–Crippen MR) is 97.1 cm³/mol. The number of urea groups is 1. The number of hydrogen-bond acceptors (Lipinski definition) is 4. The molecular weight excluding hydrogens is 354 g/mol. The van der Waals surface area contributed by atoms with Crippen molar-refractivity contribution >= 4 is 27.6 Å². The molecule has 0 saturated carbocycles. The van der Waals surface area contributed by atoms with Crippen molar-refractivity contribution in [1.29, 1.82) is 0 Å². The summed E-state index contributed by atoms with van der Waals surface area (Å²) in [6.07, 6.45) is 0. The number of carbonyl (C=O) groups excluding carboxylic acids is 2. The van der Waals surface area contributed by atoms with Gasteiger partial charge in [-0.15, -0.1) is 0 Å². The molecule has 7 nitrogen and oxygen atoms in total. The molecule has 26 heavy (non-hydrogen) atoms. The van der Waals surface area contributed by atoms with Crippen molar-refractivity contribution in [2.24, 2.45) is 0 Å². The first-order valence-electron chi connectivity index (χ1n) is 8.04. The number of rotatable bonds is 5. The van der Waals surface area contributed by atoms with Crippen LogP contribution in [0.2, 0.25) is 0 Å². The van der Waals surface area contributed by atoms with Gasteiger partial charge in [-0.3, -0.25) is 14.4 Å². The van der Waals surface area contributed by atoms with Gasteiger partial charge in [0.2, 0.25) is 5.91 Å². The maximum absolute atomic E-state index is 12.8. The molecule has 1 saturated heterocycles. The third-order valence-corrected chi connectivity index (χ3v) is 5.67. The minimum absolute atomic E-state index is 0.00381. The first-order valence-corrected chi connectivity index (χ1v) is 9.52. The summed E-state index contributed by atoms with van der Waals surface area (Å²) in [5.74, 6) is -0.345. The van der Waals surface area contributed by atoms with E-state index in [-0.39, 0.29) is 23.9 Å². The third kappa shape index (κ3) is 3.55. The van der Waals surface area contributed by atoms with Crippen LogP contribution in [0.1, 0.15) is 16.7 Å². The average Bonchev–Trinajstić information content (AvgIpc) is 2.90. The molecule has 0 spiro atoms. The lowest BCUT2D eigenvalue weighted by Crippen LogP contribution is -2.30. The Balaban J connectivity index is 1.92. The number of imide groups is 1. The highest BCUT2D eigenvalue weighted by atomic mass is 32.2. The van der Waals surface area contributed by atoms with Crippen LogP contribution in [-0.4, -0.2) is 31.8 Å². The fraction of sp³-hybridized carbons (Fsp3) is 0.222. The molecule has 2 aromatic carbocycles.